The second-order valence-electron chi connectivity index (χ2n) is 5.08. The highest BCUT2D eigenvalue weighted by Crippen LogP contribution is 2.29. The molecule has 0 aliphatic carbocycles. The summed E-state index contributed by atoms with van der Waals surface area (Å²) in [5.74, 6) is 0. The van der Waals surface area contributed by atoms with E-state index in [4.69, 9.17) is 9.47 Å². The highest BCUT2D eigenvalue weighted by Gasteiger charge is 2.29. The van der Waals surface area contributed by atoms with Crippen molar-refractivity contribution in [1.29, 1.82) is 0 Å². The molecule has 0 aliphatic rings. The summed E-state index contributed by atoms with van der Waals surface area (Å²) < 4.78 is 11.9. The van der Waals surface area contributed by atoms with Crippen molar-refractivity contribution >= 4 is 0 Å². The van der Waals surface area contributed by atoms with Crippen LogP contribution in [-0.2, 0) is 9.47 Å². The van der Waals surface area contributed by atoms with Gasteiger partial charge in [0, 0.05) is 7.11 Å². The zero-order valence-corrected chi connectivity index (χ0v) is 13.1. The minimum absolute atomic E-state index is 0.0125. The minimum Gasteiger partial charge on any atom is -0.378 e. The van der Waals surface area contributed by atoms with E-state index in [1.807, 2.05) is 13.2 Å². The van der Waals surface area contributed by atoms with Gasteiger partial charge in [-0.1, -0.05) is 33.8 Å². The van der Waals surface area contributed by atoms with Crippen molar-refractivity contribution in [3.63, 3.8) is 0 Å². The first kappa shape index (κ1) is 17.7. The predicted octanol–water partition coefficient (Wildman–Crippen LogP) is 4.73. The highest BCUT2D eigenvalue weighted by atomic mass is 16.5. The molecule has 108 valence electrons. The number of methoxy groups -OCH3 is 1. The lowest BCUT2D eigenvalue weighted by Crippen LogP contribution is -2.36. The number of ether oxygens (including phenoxy) is 2. The van der Waals surface area contributed by atoms with Gasteiger partial charge in [-0.2, -0.15) is 0 Å². The Morgan fingerprint density at radius 1 is 0.944 bits per heavy atom. The van der Waals surface area contributed by atoms with Crippen molar-refractivity contribution in [3.05, 3.63) is 12.7 Å². The topological polar surface area (TPSA) is 18.5 Å². The summed E-state index contributed by atoms with van der Waals surface area (Å²) in [6, 6.07) is 0. The normalized spacial score (nSPS) is 12.7. The monoisotopic (exact) mass is 256 g/mol. The summed E-state index contributed by atoms with van der Waals surface area (Å²) in [5.41, 5.74) is -0.0376. The molecule has 0 aliphatic heterocycles. The molecular formula is C16H32O2. The molecule has 0 fully saturated rings. The molecule has 0 aromatic carbocycles. The standard InChI is InChI=1S/C16H32O2/c1-7-12-16(10-4,11-5)18-14-13-15(8-2,9-3)17-6/h7H,1,8-14H2,2-6H3. The molecule has 0 amide bonds. The Hall–Kier alpha value is -0.340. The van der Waals surface area contributed by atoms with Crippen LogP contribution in [0.25, 0.3) is 0 Å². The van der Waals surface area contributed by atoms with Crippen LogP contribution in [0.15, 0.2) is 12.7 Å². The van der Waals surface area contributed by atoms with Crippen molar-refractivity contribution in [2.24, 2.45) is 0 Å². The molecule has 0 bridgehead atoms. The largest absolute Gasteiger partial charge is 0.378 e. The van der Waals surface area contributed by atoms with Crippen molar-refractivity contribution in [2.45, 2.75) is 77.4 Å². The van der Waals surface area contributed by atoms with Crippen LogP contribution in [-0.4, -0.2) is 24.9 Å². The first-order valence-corrected chi connectivity index (χ1v) is 7.37. The van der Waals surface area contributed by atoms with Gasteiger partial charge in [0.1, 0.15) is 0 Å². The third-order valence-electron chi connectivity index (χ3n) is 4.49. The quantitative estimate of drug-likeness (QED) is 0.497. The van der Waals surface area contributed by atoms with Gasteiger partial charge in [-0.3, -0.25) is 0 Å². The zero-order chi connectivity index (χ0) is 14.1. The van der Waals surface area contributed by atoms with Gasteiger partial charge in [-0.05, 0) is 38.5 Å². The third-order valence-corrected chi connectivity index (χ3v) is 4.49. The molecule has 0 saturated heterocycles. The lowest BCUT2D eigenvalue weighted by atomic mass is 9.91. The maximum Gasteiger partial charge on any atom is 0.0711 e. The lowest BCUT2D eigenvalue weighted by molar-refractivity contribution is -0.0899. The van der Waals surface area contributed by atoms with Crippen molar-refractivity contribution in [2.75, 3.05) is 13.7 Å². The van der Waals surface area contributed by atoms with E-state index in [9.17, 15) is 0 Å². The molecule has 0 aromatic rings. The predicted molar refractivity (Wildman–Crippen MR) is 79.0 cm³/mol. The van der Waals surface area contributed by atoms with E-state index in [1.165, 1.54) is 0 Å². The second kappa shape index (κ2) is 8.71. The summed E-state index contributed by atoms with van der Waals surface area (Å²) in [6.45, 7) is 13.4. The summed E-state index contributed by atoms with van der Waals surface area (Å²) in [4.78, 5) is 0. The van der Waals surface area contributed by atoms with Crippen LogP contribution in [0, 0.1) is 0 Å². The Morgan fingerprint density at radius 3 is 1.78 bits per heavy atom. The van der Waals surface area contributed by atoms with Gasteiger partial charge in [-0.15, -0.1) is 6.58 Å². The summed E-state index contributed by atoms with van der Waals surface area (Å²) in [7, 11) is 1.81. The maximum absolute atomic E-state index is 6.18. The molecule has 0 N–H and O–H groups in total. The molecule has 0 unspecified atom stereocenters. The van der Waals surface area contributed by atoms with E-state index in [1.54, 1.807) is 0 Å². The second-order valence-corrected chi connectivity index (χ2v) is 5.08. The van der Waals surface area contributed by atoms with Crippen molar-refractivity contribution < 1.29 is 9.47 Å². The van der Waals surface area contributed by atoms with Gasteiger partial charge in [-0.25, -0.2) is 0 Å². The smallest absolute Gasteiger partial charge is 0.0711 e. The molecule has 0 spiro atoms. The molecule has 0 atom stereocenters. The fraction of sp³-hybridized carbons (Fsp3) is 0.875. The van der Waals surface area contributed by atoms with Crippen LogP contribution in [0.2, 0.25) is 0 Å². The molecular weight excluding hydrogens is 224 g/mol. The van der Waals surface area contributed by atoms with Gasteiger partial charge in [0.25, 0.3) is 0 Å². The average Bonchev–Trinajstić information content (AvgIpc) is 2.43. The molecule has 0 rings (SSSR count). The minimum atomic E-state index is -0.0251. The maximum atomic E-state index is 6.18. The molecule has 0 heterocycles. The molecule has 2 heteroatoms. The van der Waals surface area contributed by atoms with E-state index in [0.29, 0.717) is 0 Å². The van der Waals surface area contributed by atoms with Crippen LogP contribution < -0.4 is 0 Å². The Balaban J connectivity index is 4.40. The van der Waals surface area contributed by atoms with Gasteiger partial charge < -0.3 is 9.47 Å². The number of hydrogen-bond donors (Lipinski definition) is 0. The number of hydrogen-bond acceptors (Lipinski definition) is 2. The van der Waals surface area contributed by atoms with E-state index in [-0.39, 0.29) is 11.2 Å². The molecule has 0 aromatic heterocycles. The third kappa shape index (κ3) is 4.74. The fourth-order valence-electron chi connectivity index (χ4n) is 2.51. The van der Waals surface area contributed by atoms with E-state index < -0.39 is 0 Å². The SMILES string of the molecule is C=CCC(CC)(CC)OCCC(CC)(CC)OC. The molecule has 2 nitrogen and oxygen atoms in total. The molecule has 0 radical (unpaired) electrons. The van der Waals surface area contributed by atoms with Gasteiger partial charge in [0.2, 0.25) is 0 Å². The first-order chi connectivity index (χ1) is 8.57. The Bertz CT molecular complexity index is 207. The van der Waals surface area contributed by atoms with Crippen LogP contribution in [0.5, 0.6) is 0 Å². The van der Waals surface area contributed by atoms with Crippen LogP contribution in [0.3, 0.4) is 0 Å². The van der Waals surface area contributed by atoms with Crippen molar-refractivity contribution in [1.82, 2.24) is 0 Å². The molecule has 0 saturated carbocycles. The Morgan fingerprint density at radius 2 is 1.44 bits per heavy atom. The van der Waals surface area contributed by atoms with E-state index in [2.05, 4.69) is 34.3 Å². The van der Waals surface area contributed by atoms with E-state index in [0.717, 1.165) is 45.1 Å². The van der Waals surface area contributed by atoms with E-state index >= 15 is 0 Å². The average molecular weight is 256 g/mol. The summed E-state index contributed by atoms with van der Waals surface area (Å²) >= 11 is 0. The van der Waals surface area contributed by atoms with Crippen LogP contribution >= 0.6 is 0 Å². The Kier molecular flexibility index (Phi) is 8.54. The highest BCUT2D eigenvalue weighted by molar-refractivity contribution is 4.87. The van der Waals surface area contributed by atoms with Crippen molar-refractivity contribution in [3.8, 4) is 0 Å². The van der Waals surface area contributed by atoms with Gasteiger partial charge in [0.15, 0.2) is 0 Å². The van der Waals surface area contributed by atoms with Gasteiger partial charge in [0.05, 0.1) is 17.8 Å². The number of rotatable bonds is 11. The van der Waals surface area contributed by atoms with Gasteiger partial charge >= 0.3 is 0 Å². The molecule has 18 heavy (non-hydrogen) atoms. The lowest BCUT2D eigenvalue weighted by Gasteiger charge is -2.35. The Labute approximate surface area is 114 Å². The summed E-state index contributed by atoms with van der Waals surface area (Å²) in [5, 5.41) is 0. The first-order valence-electron chi connectivity index (χ1n) is 7.37. The summed E-state index contributed by atoms with van der Waals surface area (Å²) in [6.07, 6.45) is 8.01. The fourth-order valence-corrected chi connectivity index (χ4v) is 2.51. The van der Waals surface area contributed by atoms with Crippen LogP contribution in [0.1, 0.15) is 66.2 Å². The van der Waals surface area contributed by atoms with Crippen LogP contribution in [0.4, 0.5) is 0 Å². The zero-order valence-electron chi connectivity index (χ0n) is 13.1.